The van der Waals surface area contributed by atoms with E-state index < -0.39 is 17.7 Å². The largest absolute Gasteiger partial charge is 0.507 e. The number of benzene rings is 2. The summed E-state index contributed by atoms with van der Waals surface area (Å²) in [6.45, 7) is 1.74. The molecule has 0 amide bonds. The quantitative estimate of drug-likeness (QED) is 0.893. The first kappa shape index (κ1) is 14.1. The normalized spacial score (nSPS) is 12.0. The van der Waals surface area contributed by atoms with Gasteiger partial charge in [-0.3, -0.25) is 0 Å². The Morgan fingerprint density at radius 2 is 1.90 bits per heavy atom. The summed E-state index contributed by atoms with van der Waals surface area (Å²) in [5, 5.41) is 12.7. The summed E-state index contributed by atoms with van der Waals surface area (Å²) in [5.74, 6) is -0.525. The number of rotatable bonds is 4. The van der Waals surface area contributed by atoms with E-state index in [2.05, 4.69) is 5.32 Å². The molecule has 0 bridgehead atoms. The Labute approximate surface area is 115 Å². The molecule has 0 radical (unpaired) electrons. The number of methoxy groups -OCH3 is 1. The minimum absolute atomic E-state index is 0.0289. The summed E-state index contributed by atoms with van der Waals surface area (Å²) in [7, 11) is 1.50. The first-order valence-electron chi connectivity index (χ1n) is 6.09. The van der Waals surface area contributed by atoms with E-state index in [4.69, 9.17) is 4.74 Å². The molecule has 0 heterocycles. The van der Waals surface area contributed by atoms with E-state index in [1.807, 2.05) is 0 Å². The lowest BCUT2D eigenvalue weighted by Crippen LogP contribution is -2.08. The van der Waals surface area contributed by atoms with Crippen molar-refractivity contribution in [3.63, 3.8) is 0 Å². The second-order valence-electron chi connectivity index (χ2n) is 4.41. The molecule has 20 heavy (non-hydrogen) atoms. The highest BCUT2D eigenvalue weighted by Gasteiger charge is 2.13. The van der Waals surface area contributed by atoms with Gasteiger partial charge in [0.1, 0.15) is 23.1 Å². The third kappa shape index (κ3) is 2.99. The second kappa shape index (κ2) is 5.77. The lowest BCUT2D eigenvalue weighted by atomic mass is 10.1. The molecule has 1 unspecified atom stereocenters. The first-order chi connectivity index (χ1) is 9.51. The molecular formula is C15H15F2NO2. The Morgan fingerprint density at radius 3 is 2.55 bits per heavy atom. The molecule has 0 fully saturated rings. The minimum atomic E-state index is -0.550. The average Bonchev–Trinajstić information content (AvgIpc) is 2.42. The fourth-order valence-electron chi connectivity index (χ4n) is 1.94. The standard InChI is InChI=1S/C15H15F2NO2/c1-9(12-5-4-11(20-2)8-15(12)19)18-14-7-10(16)3-6-13(14)17/h3-9,18-19H,1-2H3. The number of aromatic hydroxyl groups is 1. The van der Waals surface area contributed by atoms with Gasteiger partial charge in [0.2, 0.25) is 0 Å². The zero-order valence-corrected chi connectivity index (χ0v) is 11.2. The van der Waals surface area contributed by atoms with Crippen LogP contribution >= 0.6 is 0 Å². The monoisotopic (exact) mass is 279 g/mol. The van der Waals surface area contributed by atoms with Crippen molar-refractivity contribution in [1.29, 1.82) is 0 Å². The van der Waals surface area contributed by atoms with Crippen LogP contribution in [0.4, 0.5) is 14.5 Å². The second-order valence-corrected chi connectivity index (χ2v) is 4.41. The van der Waals surface area contributed by atoms with E-state index in [0.717, 1.165) is 18.2 Å². The van der Waals surface area contributed by atoms with E-state index in [9.17, 15) is 13.9 Å². The maximum absolute atomic E-state index is 13.6. The number of phenols is 1. The van der Waals surface area contributed by atoms with Gasteiger partial charge in [0.15, 0.2) is 0 Å². The summed E-state index contributed by atoms with van der Waals surface area (Å²) in [4.78, 5) is 0. The van der Waals surface area contributed by atoms with Crippen LogP contribution in [0.25, 0.3) is 0 Å². The van der Waals surface area contributed by atoms with Gasteiger partial charge in [0, 0.05) is 11.6 Å². The molecule has 5 heteroatoms. The van der Waals surface area contributed by atoms with E-state index in [-0.39, 0.29) is 11.4 Å². The Kier molecular flexibility index (Phi) is 4.08. The number of hydrogen-bond acceptors (Lipinski definition) is 3. The van der Waals surface area contributed by atoms with Gasteiger partial charge in [-0.05, 0) is 37.3 Å². The van der Waals surface area contributed by atoms with Gasteiger partial charge in [0.25, 0.3) is 0 Å². The van der Waals surface area contributed by atoms with Crippen molar-refractivity contribution in [2.45, 2.75) is 13.0 Å². The molecule has 2 N–H and O–H groups in total. The van der Waals surface area contributed by atoms with Crippen molar-refractivity contribution in [2.75, 3.05) is 12.4 Å². The maximum atomic E-state index is 13.6. The summed E-state index contributed by atoms with van der Waals surface area (Å²) in [5.41, 5.74) is 0.613. The van der Waals surface area contributed by atoms with E-state index >= 15 is 0 Å². The Bertz CT molecular complexity index is 617. The Balaban J connectivity index is 2.23. The van der Waals surface area contributed by atoms with Crippen LogP contribution < -0.4 is 10.1 Å². The number of ether oxygens (including phenoxy) is 1. The molecule has 2 aromatic carbocycles. The number of anilines is 1. The number of hydrogen-bond donors (Lipinski definition) is 2. The molecule has 0 spiro atoms. The smallest absolute Gasteiger partial charge is 0.146 e. The predicted molar refractivity (Wildman–Crippen MR) is 73.1 cm³/mol. The fourth-order valence-corrected chi connectivity index (χ4v) is 1.94. The summed E-state index contributed by atoms with van der Waals surface area (Å²) >= 11 is 0. The Hall–Kier alpha value is -2.30. The Morgan fingerprint density at radius 1 is 1.15 bits per heavy atom. The average molecular weight is 279 g/mol. The van der Waals surface area contributed by atoms with Crippen molar-refractivity contribution < 1.29 is 18.6 Å². The molecule has 2 aromatic rings. The third-order valence-electron chi connectivity index (χ3n) is 3.00. The molecule has 0 aliphatic carbocycles. The molecular weight excluding hydrogens is 264 g/mol. The van der Waals surface area contributed by atoms with Crippen LogP contribution in [0.1, 0.15) is 18.5 Å². The van der Waals surface area contributed by atoms with Crippen LogP contribution in [0.15, 0.2) is 36.4 Å². The molecule has 106 valence electrons. The maximum Gasteiger partial charge on any atom is 0.146 e. The topological polar surface area (TPSA) is 41.5 Å². The SMILES string of the molecule is COc1ccc(C(C)Nc2cc(F)ccc2F)c(O)c1. The molecule has 0 saturated carbocycles. The minimum Gasteiger partial charge on any atom is -0.507 e. The van der Waals surface area contributed by atoms with Crippen molar-refractivity contribution in [1.82, 2.24) is 0 Å². The van der Waals surface area contributed by atoms with Crippen molar-refractivity contribution >= 4 is 5.69 Å². The highest BCUT2D eigenvalue weighted by molar-refractivity contribution is 5.50. The van der Waals surface area contributed by atoms with Crippen LogP contribution in [-0.2, 0) is 0 Å². The van der Waals surface area contributed by atoms with Crippen LogP contribution in [0, 0.1) is 11.6 Å². The first-order valence-corrected chi connectivity index (χ1v) is 6.09. The van der Waals surface area contributed by atoms with E-state index in [1.165, 1.54) is 13.2 Å². The lowest BCUT2D eigenvalue weighted by molar-refractivity contribution is 0.406. The van der Waals surface area contributed by atoms with Crippen molar-refractivity contribution in [3.05, 3.63) is 53.6 Å². The fraction of sp³-hybridized carbons (Fsp3) is 0.200. The van der Waals surface area contributed by atoms with Crippen LogP contribution in [0.3, 0.4) is 0 Å². The van der Waals surface area contributed by atoms with Crippen molar-refractivity contribution in [3.8, 4) is 11.5 Å². The highest BCUT2D eigenvalue weighted by atomic mass is 19.1. The highest BCUT2D eigenvalue weighted by Crippen LogP contribution is 2.31. The number of phenolic OH excluding ortho intramolecular Hbond substituents is 1. The molecule has 3 nitrogen and oxygen atoms in total. The third-order valence-corrected chi connectivity index (χ3v) is 3.00. The molecule has 0 aliphatic rings. The zero-order chi connectivity index (χ0) is 14.7. The van der Waals surface area contributed by atoms with Gasteiger partial charge >= 0.3 is 0 Å². The van der Waals surface area contributed by atoms with E-state index in [1.54, 1.807) is 19.1 Å². The number of nitrogens with one attached hydrogen (secondary N) is 1. The van der Waals surface area contributed by atoms with Crippen LogP contribution in [0.5, 0.6) is 11.5 Å². The van der Waals surface area contributed by atoms with Gasteiger partial charge in [-0.15, -0.1) is 0 Å². The zero-order valence-electron chi connectivity index (χ0n) is 11.2. The van der Waals surface area contributed by atoms with Gasteiger partial charge < -0.3 is 15.2 Å². The van der Waals surface area contributed by atoms with E-state index in [0.29, 0.717) is 11.3 Å². The van der Waals surface area contributed by atoms with Gasteiger partial charge in [-0.1, -0.05) is 0 Å². The summed E-state index contributed by atoms with van der Waals surface area (Å²) in [6.07, 6.45) is 0. The van der Waals surface area contributed by atoms with Gasteiger partial charge in [-0.25, -0.2) is 8.78 Å². The molecule has 0 aromatic heterocycles. The van der Waals surface area contributed by atoms with Crippen LogP contribution in [0.2, 0.25) is 0 Å². The van der Waals surface area contributed by atoms with Crippen LogP contribution in [-0.4, -0.2) is 12.2 Å². The van der Waals surface area contributed by atoms with Gasteiger partial charge in [0.05, 0.1) is 18.8 Å². The summed E-state index contributed by atoms with van der Waals surface area (Å²) < 4.78 is 31.7. The number of halogens is 2. The van der Waals surface area contributed by atoms with Crippen molar-refractivity contribution in [2.24, 2.45) is 0 Å². The lowest BCUT2D eigenvalue weighted by Gasteiger charge is -2.18. The molecule has 0 saturated heterocycles. The molecule has 1 atom stereocenters. The summed E-state index contributed by atoms with van der Waals surface area (Å²) in [6, 6.07) is 7.62. The van der Waals surface area contributed by atoms with Gasteiger partial charge in [-0.2, -0.15) is 0 Å². The molecule has 0 aliphatic heterocycles. The predicted octanol–water partition coefficient (Wildman–Crippen LogP) is 3.85. The molecule has 2 rings (SSSR count).